The zero-order valence-electron chi connectivity index (χ0n) is 24.1. The first-order chi connectivity index (χ1) is 16.0. The number of aliphatic hydroxyl groups is 2. The van der Waals surface area contributed by atoms with Crippen LogP contribution in [0, 0.1) is 0 Å². The summed E-state index contributed by atoms with van der Waals surface area (Å²) >= 11 is 4.94. The van der Waals surface area contributed by atoms with Crippen molar-refractivity contribution in [2.24, 2.45) is 0 Å². The lowest BCUT2D eigenvalue weighted by molar-refractivity contribution is -0.0000109. The third kappa shape index (κ3) is 42.0. The van der Waals surface area contributed by atoms with Crippen LogP contribution >= 0.6 is 26.8 Å². The van der Waals surface area contributed by atoms with Crippen LogP contribution in [0.15, 0.2) is 0 Å². The predicted molar refractivity (Wildman–Crippen MR) is 182 cm³/mol. The Hall–Kier alpha value is 1.36. The molecule has 0 spiro atoms. The number of alkyl halides is 1. The van der Waals surface area contributed by atoms with E-state index in [9.17, 15) is 5.11 Å². The lowest BCUT2D eigenvalue weighted by Gasteiger charge is -2.27. The molecule has 0 saturated carbocycles. The molecule has 0 amide bonds. The standard InChI is InChI=1S/C14H32OP.C12H27P.C2H5ClO.3CH4.ClH/c1-4-7-11-16(14-10-15,12-8-5-2)13-9-6-3;1-4-7-10-13(11-8-5-2)12-9-6-3;3-1-2-4;;;;/h15H,4-14H2,1-3H3;4-12H2,1-3H3;4H,1-2H2;3*1H4;1H/q+1;;;;;;/p-1. The van der Waals surface area contributed by atoms with E-state index in [0.717, 1.165) is 6.16 Å². The van der Waals surface area contributed by atoms with Gasteiger partial charge in [-0.1, -0.05) is 102 Å². The van der Waals surface area contributed by atoms with Crippen LogP contribution in [0.25, 0.3) is 0 Å². The molecule has 0 fully saturated rings. The SMILES string of the molecule is C.C.C.CCCCP(CCCC)CCCC.CCCC[P+](CCO)(CCCC)CCCC.OCCCl.[Cl-]. The second-order valence-electron chi connectivity index (χ2n) is 9.34. The molecule has 0 aliphatic rings. The molecule has 6 heteroatoms. The Morgan fingerprint density at radius 3 is 0.973 bits per heavy atom. The zero-order chi connectivity index (χ0) is 25.6. The summed E-state index contributed by atoms with van der Waals surface area (Å²) in [6.45, 7) is 14.3. The molecule has 0 atom stereocenters. The van der Waals surface area contributed by atoms with E-state index in [1.807, 2.05) is 0 Å². The van der Waals surface area contributed by atoms with E-state index < -0.39 is 7.26 Å². The molecule has 0 aliphatic heterocycles. The highest BCUT2D eigenvalue weighted by molar-refractivity contribution is 7.75. The number of rotatable bonds is 21. The van der Waals surface area contributed by atoms with Crippen LogP contribution in [0.5, 0.6) is 0 Å². The highest BCUT2D eigenvalue weighted by Gasteiger charge is 2.34. The van der Waals surface area contributed by atoms with Crippen molar-refractivity contribution in [2.45, 2.75) is 141 Å². The van der Waals surface area contributed by atoms with Gasteiger partial charge in [0.05, 0.1) is 37.9 Å². The second kappa shape index (κ2) is 47.2. The second-order valence-corrected chi connectivity index (χ2v) is 16.9. The van der Waals surface area contributed by atoms with Crippen LogP contribution < -0.4 is 12.4 Å². The van der Waals surface area contributed by atoms with Crippen LogP contribution in [-0.2, 0) is 0 Å². The third-order valence-corrected chi connectivity index (χ3v) is 14.1. The normalized spacial score (nSPS) is 9.89. The molecule has 0 bridgehead atoms. The van der Waals surface area contributed by atoms with Gasteiger partial charge in [0.15, 0.2) is 0 Å². The number of hydrogen-bond donors (Lipinski definition) is 2. The highest BCUT2D eigenvalue weighted by atomic mass is 35.5. The molecule has 0 unspecified atom stereocenters. The van der Waals surface area contributed by atoms with E-state index in [-0.39, 0.29) is 41.3 Å². The molecule has 0 radical (unpaired) electrons. The van der Waals surface area contributed by atoms with Gasteiger partial charge in [-0.3, -0.25) is 0 Å². The van der Waals surface area contributed by atoms with Crippen molar-refractivity contribution in [3.8, 4) is 0 Å². The molecule has 0 aromatic heterocycles. The van der Waals surface area contributed by atoms with Gasteiger partial charge in [-0.15, -0.1) is 19.5 Å². The van der Waals surface area contributed by atoms with Crippen molar-refractivity contribution in [1.82, 2.24) is 0 Å². The Labute approximate surface area is 251 Å². The quantitative estimate of drug-likeness (QED) is 0.101. The number of halogens is 2. The number of aliphatic hydroxyl groups excluding tert-OH is 2. The van der Waals surface area contributed by atoms with Crippen molar-refractivity contribution in [3.63, 3.8) is 0 Å². The summed E-state index contributed by atoms with van der Waals surface area (Å²) in [6.07, 6.45) is 26.7. The Morgan fingerprint density at radius 1 is 0.514 bits per heavy atom. The largest absolute Gasteiger partial charge is 1.00 e. The first-order valence-corrected chi connectivity index (χ1v) is 19.3. The minimum absolute atomic E-state index is 0. The Balaban J connectivity index is -0.0000000783. The Morgan fingerprint density at radius 2 is 0.784 bits per heavy atom. The van der Waals surface area contributed by atoms with Gasteiger partial charge in [0.2, 0.25) is 0 Å². The maximum absolute atomic E-state index is 9.33. The molecule has 0 aromatic carbocycles. The minimum Gasteiger partial charge on any atom is -1.00 e. The molecule has 236 valence electrons. The summed E-state index contributed by atoms with van der Waals surface area (Å²) < 4.78 is 0. The molecule has 0 aliphatic carbocycles. The summed E-state index contributed by atoms with van der Waals surface area (Å²) in [4.78, 5) is 0. The lowest BCUT2D eigenvalue weighted by atomic mass is 10.4. The Bertz CT molecular complexity index is 296. The van der Waals surface area contributed by atoms with Gasteiger partial charge >= 0.3 is 0 Å². The maximum atomic E-state index is 9.33. The topological polar surface area (TPSA) is 40.5 Å². The van der Waals surface area contributed by atoms with E-state index in [2.05, 4.69) is 41.5 Å². The fourth-order valence-electron chi connectivity index (χ4n) is 3.84. The van der Waals surface area contributed by atoms with Gasteiger partial charge in [0.1, 0.15) is 0 Å². The van der Waals surface area contributed by atoms with Crippen molar-refractivity contribution < 1.29 is 22.6 Å². The van der Waals surface area contributed by atoms with Crippen LogP contribution in [0.4, 0.5) is 0 Å². The van der Waals surface area contributed by atoms with Crippen molar-refractivity contribution >= 4 is 26.8 Å². The van der Waals surface area contributed by atoms with E-state index >= 15 is 0 Å². The van der Waals surface area contributed by atoms with E-state index in [1.54, 1.807) is 18.5 Å². The first kappa shape index (κ1) is 54.4. The van der Waals surface area contributed by atoms with E-state index in [0.29, 0.717) is 20.4 Å². The number of hydrogen-bond acceptors (Lipinski definition) is 2. The van der Waals surface area contributed by atoms with Gasteiger partial charge < -0.3 is 22.6 Å². The van der Waals surface area contributed by atoms with Crippen LogP contribution in [0.2, 0.25) is 0 Å². The van der Waals surface area contributed by atoms with Crippen LogP contribution in [-0.4, -0.2) is 72.4 Å². The molecule has 37 heavy (non-hydrogen) atoms. The average molecular weight is 614 g/mol. The molecule has 0 aromatic rings. The molecule has 2 nitrogen and oxygen atoms in total. The molecule has 2 N–H and O–H groups in total. The fraction of sp³-hybridized carbons (Fsp3) is 1.00. The van der Waals surface area contributed by atoms with Gasteiger partial charge in [-0.25, -0.2) is 0 Å². The summed E-state index contributed by atoms with van der Waals surface area (Å²) in [7, 11) is -0.374. The van der Waals surface area contributed by atoms with Crippen molar-refractivity contribution in [3.05, 3.63) is 0 Å². The fourth-order valence-corrected chi connectivity index (χ4v) is 11.5. The highest BCUT2D eigenvalue weighted by Crippen LogP contribution is 2.60. The van der Waals surface area contributed by atoms with Gasteiger partial charge in [0, 0.05) is 13.1 Å². The summed E-state index contributed by atoms with van der Waals surface area (Å²) in [5, 5.41) is 17.1. The first-order valence-electron chi connectivity index (χ1n) is 14.4. The van der Waals surface area contributed by atoms with E-state index in [4.69, 9.17) is 16.7 Å². The smallest absolute Gasteiger partial charge is 0.0825 e. The average Bonchev–Trinajstić information content (AvgIpc) is 2.85. The number of unbranched alkanes of at least 4 members (excludes halogenated alkanes) is 6. The summed E-state index contributed by atoms with van der Waals surface area (Å²) in [6, 6.07) is 0. The summed E-state index contributed by atoms with van der Waals surface area (Å²) in [5.41, 5.74) is 0. The Kier molecular flexibility index (Phi) is 69.4. The molecule has 0 heterocycles. The minimum atomic E-state index is -0.796. The molecule has 0 rings (SSSR count). The monoisotopic (exact) mass is 612 g/mol. The zero-order valence-corrected chi connectivity index (χ0v) is 27.4. The maximum Gasteiger partial charge on any atom is 0.0825 e. The molecular formula is C31H76Cl2O2P2. The molecule has 0 saturated heterocycles. The van der Waals surface area contributed by atoms with Crippen LogP contribution in [0.1, 0.15) is 141 Å². The molecular weight excluding hydrogens is 537 g/mol. The third-order valence-electron chi connectivity index (χ3n) is 6.10. The summed E-state index contributed by atoms with van der Waals surface area (Å²) in [5.74, 6) is 0.347. The van der Waals surface area contributed by atoms with E-state index in [1.165, 1.54) is 95.5 Å². The van der Waals surface area contributed by atoms with Gasteiger partial charge in [-0.2, -0.15) is 0 Å². The van der Waals surface area contributed by atoms with Gasteiger partial charge in [0.25, 0.3) is 0 Å². The van der Waals surface area contributed by atoms with Gasteiger partial charge in [-0.05, 0) is 57.0 Å². The predicted octanol–water partition coefficient (Wildman–Crippen LogP) is 8.40. The van der Waals surface area contributed by atoms with Crippen molar-refractivity contribution in [2.75, 3.05) is 62.2 Å². The lowest BCUT2D eigenvalue weighted by Crippen LogP contribution is -3.00. The van der Waals surface area contributed by atoms with Crippen molar-refractivity contribution in [1.29, 1.82) is 0 Å². The van der Waals surface area contributed by atoms with Crippen LogP contribution in [0.3, 0.4) is 0 Å².